The summed E-state index contributed by atoms with van der Waals surface area (Å²) < 4.78 is 5.22. The van der Waals surface area contributed by atoms with Crippen LogP contribution in [0.5, 0.6) is 5.75 Å². The second-order valence-corrected chi connectivity index (χ2v) is 5.78. The molecule has 3 rings (SSSR count). The van der Waals surface area contributed by atoms with Crippen LogP contribution < -0.4 is 10.1 Å². The number of nitrogens with zero attached hydrogens (tertiary/aromatic N) is 1. The average Bonchev–Trinajstić information content (AvgIpc) is 3.10. The minimum absolute atomic E-state index is 0.00588. The van der Waals surface area contributed by atoms with E-state index in [2.05, 4.69) is 10.2 Å². The number of hydrogen-bond acceptors (Lipinski definition) is 3. The zero-order valence-corrected chi connectivity index (χ0v) is 13.4. The Labute approximate surface area is 137 Å². The van der Waals surface area contributed by atoms with Crippen molar-refractivity contribution in [1.82, 2.24) is 4.90 Å². The van der Waals surface area contributed by atoms with E-state index in [-0.39, 0.29) is 11.9 Å². The lowest BCUT2D eigenvalue weighted by Crippen LogP contribution is -2.35. The van der Waals surface area contributed by atoms with E-state index in [0.29, 0.717) is 0 Å². The van der Waals surface area contributed by atoms with E-state index in [9.17, 15) is 4.79 Å². The van der Waals surface area contributed by atoms with Crippen molar-refractivity contribution in [3.8, 4) is 5.75 Å². The molecular formula is C19H22N2O2. The highest BCUT2D eigenvalue weighted by atomic mass is 16.5. The third-order valence-corrected chi connectivity index (χ3v) is 4.21. The summed E-state index contributed by atoms with van der Waals surface area (Å²) >= 11 is 0. The van der Waals surface area contributed by atoms with E-state index in [1.807, 2.05) is 54.6 Å². The number of carbonyl (C=O) groups is 1. The molecule has 4 nitrogen and oxygen atoms in total. The second-order valence-electron chi connectivity index (χ2n) is 5.78. The molecule has 0 aliphatic carbocycles. The van der Waals surface area contributed by atoms with Gasteiger partial charge in [-0.2, -0.15) is 0 Å². The van der Waals surface area contributed by atoms with Crippen LogP contribution in [0.4, 0.5) is 5.69 Å². The van der Waals surface area contributed by atoms with Gasteiger partial charge in [-0.3, -0.25) is 9.69 Å². The Balaban J connectivity index is 1.82. The summed E-state index contributed by atoms with van der Waals surface area (Å²) in [6.45, 7) is 1.93. The normalized spacial score (nSPS) is 16.0. The number of nitrogens with one attached hydrogen (secondary N) is 1. The molecular weight excluding hydrogens is 288 g/mol. The molecule has 1 saturated heterocycles. The summed E-state index contributed by atoms with van der Waals surface area (Å²) in [7, 11) is 1.62. The number of ether oxygens (including phenoxy) is 1. The number of carbonyl (C=O) groups excluding carboxylic acids is 1. The first-order valence-corrected chi connectivity index (χ1v) is 8.02. The van der Waals surface area contributed by atoms with Gasteiger partial charge in [0.1, 0.15) is 11.8 Å². The summed E-state index contributed by atoms with van der Waals surface area (Å²) in [5, 5.41) is 3.03. The van der Waals surface area contributed by atoms with Gasteiger partial charge in [0, 0.05) is 11.8 Å². The molecule has 120 valence electrons. The van der Waals surface area contributed by atoms with E-state index in [1.165, 1.54) is 0 Å². The zero-order valence-electron chi connectivity index (χ0n) is 13.4. The third kappa shape index (κ3) is 3.71. The first kappa shape index (κ1) is 15.6. The maximum Gasteiger partial charge on any atom is 0.246 e. The Morgan fingerprint density at radius 2 is 1.83 bits per heavy atom. The van der Waals surface area contributed by atoms with Crippen LogP contribution in [0.2, 0.25) is 0 Å². The van der Waals surface area contributed by atoms with Crippen LogP contribution in [0.15, 0.2) is 54.6 Å². The summed E-state index contributed by atoms with van der Waals surface area (Å²) in [6, 6.07) is 17.2. The van der Waals surface area contributed by atoms with Gasteiger partial charge in [0.05, 0.1) is 7.11 Å². The van der Waals surface area contributed by atoms with Crippen molar-refractivity contribution in [3.63, 3.8) is 0 Å². The van der Waals surface area contributed by atoms with E-state index in [4.69, 9.17) is 4.74 Å². The van der Waals surface area contributed by atoms with Crippen molar-refractivity contribution < 1.29 is 9.53 Å². The van der Waals surface area contributed by atoms with Crippen LogP contribution in [-0.4, -0.2) is 31.0 Å². The van der Waals surface area contributed by atoms with Gasteiger partial charge in [0.2, 0.25) is 5.91 Å². The average molecular weight is 310 g/mol. The molecule has 23 heavy (non-hydrogen) atoms. The standard InChI is InChI=1S/C19H22N2O2/c1-23-17-11-7-10-16(14-17)20-19(22)18(21-12-5-6-13-21)15-8-3-2-4-9-15/h2-4,7-11,14,18H,5-6,12-13H2,1H3,(H,20,22)/t18-/m0/s1. The highest BCUT2D eigenvalue weighted by Crippen LogP contribution is 2.27. The topological polar surface area (TPSA) is 41.6 Å². The lowest BCUT2D eigenvalue weighted by molar-refractivity contribution is -0.121. The fourth-order valence-corrected chi connectivity index (χ4v) is 3.07. The fraction of sp³-hybridized carbons (Fsp3) is 0.316. The van der Waals surface area contributed by atoms with Crippen LogP contribution in [0.1, 0.15) is 24.4 Å². The van der Waals surface area contributed by atoms with Gasteiger partial charge in [-0.15, -0.1) is 0 Å². The van der Waals surface area contributed by atoms with Crippen LogP contribution in [0.25, 0.3) is 0 Å². The minimum Gasteiger partial charge on any atom is -0.497 e. The molecule has 1 heterocycles. The Hall–Kier alpha value is -2.33. The van der Waals surface area contributed by atoms with E-state index < -0.39 is 0 Å². The lowest BCUT2D eigenvalue weighted by Gasteiger charge is -2.27. The Bertz CT molecular complexity index is 651. The van der Waals surface area contributed by atoms with Crippen molar-refractivity contribution in [2.24, 2.45) is 0 Å². The molecule has 1 fully saturated rings. The van der Waals surface area contributed by atoms with Crippen molar-refractivity contribution in [2.75, 3.05) is 25.5 Å². The maximum atomic E-state index is 12.9. The molecule has 0 bridgehead atoms. The molecule has 0 spiro atoms. The highest BCUT2D eigenvalue weighted by molar-refractivity contribution is 5.95. The van der Waals surface area contributed by atoms with Gasteiger partial charge >= 0.3 is 0 Å². The SMILES string of the molecule is COc1cccc(NC(=O)[C@H](c2ccccc2)N2CCCC2)c1. The Kier molecular flexibility index (Phi) is 4.93. The fourth-order valence-electron chi connectivity index (χ4n) is 3.07. The molecule has 1 aliphatic heterocycles. The molecule has 2 aromatic rings. The molecule has 2 aromatic carbocycles. The highest BCUT2D eigenvalue weighted by Gasteiger charge is 2.29. The van der Waals surface area contributed by atoms with Crippen LogP contribution >= 0.6 is 0 Å². The molecule has 0 aromatic heterocycles. The predicted molar refractivity (Wildman–Crippen MR) is 91.6 cm³/mol. The number of benzene rings is 2. The predicted octanol–water partition coefficient (Wildman–Crippen LogP) is 3.47. The molecule has 0 saturated carbocycles. The van der Waals surface area contributed by atoms with Crippen molar-refractivity contribution >= 4 is 11.6 Å². The largest absolute Gasteiger partial charge is 0.497 e. The van der Waals surface area contributed by atoms with E-state index in [0.717, 1.165) is 42.9 Å². The molecule has 4 heteroatoms. The molecule has 1 N–H and O–H groups in total. The lowest BCUT2D eigenvalue weighted by atomic mass is 10.0. The first-order chi connectivity index (χ1) is 11.3. The van der Waals surface area contributed by atoms with Gasteiger partial charge in [-0.25, -0.2) is 0 Å². The zero-order chi connectivity index (χ0) is 16.1. The van der Waals surface area contributed by atoms with Gasteiger partial charge in [-0.1, -0.05) is 36.4 Å². The quantitative estimate of drug-likeness (QED) is 0.919. The molecule has 1 aliphatic rings. The number of amides is 1. The number of hydrogen-bond donors (Lipinski definition) is 1. The van der Waals surface area contributed by atoms with Gasteiger partial charge in [0.15, 0.2) is 0 Å². The minimum atomic E-state index is -0.245. The first-order valence-electron chi connectivity index (χ1n) is 8.02. The van der Waals surface area contributed by atoms with Gasteiger partial charge in [0.25, 0.3) is 0 Å². The monoisotopic (exact) mass is 310 g/mol. The van der Waals surface area contributed by atoms with Crippen LogP contribution in [0.3, 0.4) is 0 Å². The Morgan fingerprint density at radius 1 is 1.09 bits per heavy atom. The second kappa shape index (κ2) is 7.29. The van der Waals surface area contributed by atoms with Crippen LogP contribution in [0, 0.1) is 0 Å². The summed E-state index contributed by atoms with van der Waals surface area (Å²) in [6.07, 6.45) is 2.30. The molecule has 1 amide bonds. The maximum absolute atomic E-state index is 12.9. The van der Waals surface area contributed by atoms with Gasteiger partial charge in [-0.05, 0) is 43.6 Å². The Morgan fingerprint density at radius 3 is 2.52 bits per heavy atom. The van der Waals surface area contributed by atoms with E-state index in [1.54, 1.807) is 7.11 Å². The van der Waals surface area contributed by atoms with E-state index >= 15 is 0 Å². The van der Waals surface area contributed by atoms with Crippen molar-refractivity contribution in [1.29, 1.82) is 0 Å². The summed E-state index contributed by atoms with van der Waals surface area (Å²) in [5.41, 5.74) is 1.80. The number of rotatable bonds is 5. The number of likely N-dealkylation sites (tertiary alicyclic amines) is 1. The molecule has 0 radical (unpaired) electrons. The smallest absolute Gasteiger partial charge is 0.246 e. The summed E-state index contributed by atoms with van der Waals surface area (Å²) in [4.78, 5) is 15.2. The molecule has 0 unspecified atom stereocenters. The van der Waals surface area contributed by atoms with Crippen molar-refractivity contribution in [2.45, 2.75) is 18.9 Å². The summed E-state index contributed by atoms with van der Waals surface area (Å²) in [5.74, 6) is 0.742. The molecule has 1 atom stereocenters. The number of anilines is 1. The number of methoxy groups -OCH3 is 1. The van der Waals surface area contributed by atoms with Crippen LogP contribution in [-0.2, 0) is 4.79 Å². The van der Waals surface area contributed by atoms with Crippen molar-refractivity contribution in [3.05, 3.63) is 60.2 Å². The third-order valence-electron chi connectivity index (χ3n) is 4.21. The van der Waals surface area contributed by atoms with Gasteiger partial charge < -0.3 is 10.1 Å².